The Bertz CT molecular complexity index is 498. The van der Waals surface area contributed by atoms with Crippen molar-refractivity contribution in [1.82, 2.24) is 25.1 Å². The molecule has 1 saturated heterocycles. The molecular formula is C15H23N5O. The summed E-state index contributed by atoms with van der Waals surface area (Å²) in [5.74, 6) is 0.924. The quantitative estimate of drug-likeness (QED) is 0.811. The molecule has 2 amide bonds. The van der Waals surface area contributed by atoms with Crippen molar-refractivity contribution in [2.24, 2.45) is 0 Å². The van der Waals surface area contributed by atoms with Crippen LogP contribution in [0.1, 0.15) is 31.1 Å². The maximum atomic E-state index is 12.4. The molecule has 6 nitrogen and oxygen atoms in total. The number of carbonyl (C=O) groups excluding carboxylic acids is 1. The average Bonchev–Trinajstić information content (AvgIpc) is 3.03. The average molecular weight is 289 g/mol. The van der Waals surface area contributed by atoms with Crippen LogP contribution < -0.4 is 5.32 Å². The van der Waals surface area contributed by atoms with E-state index in [2.05, 4.69) is 39.4 Å². The Morgan fingerprint density at radius 3 is 3.10 bits per heavy atom. The third kappa shape index (κ3) is 3.26. The van der Waals surface area contributed by atoms with Crippen molar-refractivity contribution in [3.05, 3.63) is 30.4 Å². The largest absolute Gasteiger partial charge is 0.347 e. The summed E-state index contributed by atoms with van der Waals surface area (Å²) in [5, 5.41) is 3.12. The Balaban J connectivity index is 1.61. The van der Waals surface area contributed by atoms with Crippen LogP contribution in [0.3, 0.4) is 0 Å². The first-order valence-electron chi connectivity index (χ1n) is 7.65. The lowest BCUT2D eigenvalue weighted by molar-refractivity contribution is 0.105. The van der Waals surface area contributed by atoms with Crippen LogP contribution in [-0.2, 0) is 0 Å². The second-order valence-corrected chi connectivity index (χ2v) is 5.83. The zero-order valence-corrected chi connectivity index (χ0v) is 12.5. The predicted molar refractivity (Wildman–Crippen MR) is 80.8 cm³/mol. The number of urea groups is 1. The van der Waals surface area contributed by atoms with E-state index in [0.717, 1.165) is 38.2 Å². The predicted octanol–water partition coefficient (Wildman–Crippen LogP) is 1.52. The summed E-state index contributed by atoms with van der Waals surface area (Å²) in [6.07, 6.45) is 11.2. The minimum absolute atomic E-state index is 0.0382. The molecule has 1 fully saturated rings. The Kier molecular flexibility index (Phi) is 4.24. The molecule has 2 heterocycles. The molecule has 2 atom stereocenters. The third-order valence-corrected chi connectivity index (χ3v) is 4.33. The van der Waals surface area contributed by atoms with Gasteiger partial charge in [-0.3, -0.25) is 4.90 Å². The van der Waals surface area contributed by atoms with Gasteiger partial charge in [-0.25, -0.2) is 9.78 Å². The summed E-state index contributed by atoms with van der Waals surface area (Å²) < 4.78 is 0. The fourth-order valence-corrected chi connectivity index (χ4v) is 3.00. The van der Waals surface area contributed by atoms with E-state index in [-0.39, 0.29) is 18.1 Å². The zero-order chi connectivity index (χ0) is 14.7. The van der Waals surface area contributed by atoms with Gasteiger partial charge in [0.2, 0.25) is 0 Å². The highest BCUT2D eigenvalue weighted by Crippen LogP contribution is 2.21. The smallest absolute Gasteiger partial charge is 0.317 e. The number of aromatic nitrogens is 2. The molecule has 0 aromatic carbocycles. The van der Waals surface area contributed by atoms with Gasteiger partial charge in [-0.05, 0) is 26.3 Å². The van der Waals surface area contributed by atoms with Gasteiger partial charge in [0.1, 0.15) is 5.82 Å². The van der Waals surface area contributed by atoms with Crippen molar-refractivity contribution in [3.8, 4) is 0 Å². The Morgan fingerprint density at radius 2 is 2.38 bits per heavy atom. The summed E-state index contributed by atoms with van der Waals surface area (Å²) in [5.41, 5.74) is 0. The van der Waals surface area contributed by atoms with E-state index in [1.54, 1.807) is 6.20 Å². The summed E-state index contributed by atoms with van der Waals surface area (Å²) in [4.78, 5) is 24.0. The fraction of sp³-hybridized carbons (Fsp3) is 0.600. The minimum atomic E-state index is 0.0382. The molecule has 1 aliphatic heterocycles. The molecule has 2 aliphatic rings. The van der Waals surface area contributed by atoms with Gasteiger partial charge in [-0.2, -0.15) is 0 Å². The van der Waals surface area contributed by atoms with E-state index in [4.69, 9.17) is 0 Å². The van der Waals surface area contributed by atoms with E-state index in [0.29, 0.717) is 6.54 Å². The zero-order valence-electron chi connectivity index (χ0n) is 12.5. The molecular weight excluding hydrogens is 266 g/mol. The van der Waals surface area contributed by atoms with Gasteiger partial charge in [0.25, 0.3) is 0 Å². The molecule has 0 unspecified atom stereocenters. The van der Waals surface area contributed by atoms with E-state index in [1.807, 2.05) is 11.1 Å². The minimum Gasteiger partial charge on any atom is -0.347 e. The van der Waals surface area contributed by atoms with Crippen molar-refractivity contribution in [2.75, 3.05) is 26.7 Å². The number of allylic oxidation sites excluding steroid dienone is 1. The van der Waals surface area contributed by atoms with Crippen molar-refractivity contribution in [1.29, 1.82) is 0 Å². The van der Waals surface area contributed by atoms with E-state index in [9.17, 15) is 4.79 Å². The molecule has 2 N–H and O–H groups in total. The molecule has 3 rings (SSSR count). The summed E-state index contributed by atoms with van der Waals surface area (Å²) in [6, 6.07) is 0.366. The highest BCUT2D eigenvalue weighted by atomic mass is 16.2. The van der Waals surface area contributed by atoms with Crippen molar-refractivity contribution in [3.63, 3.8) is 0 Å². The highest BCUT2D eigenvalue weighted by Gasteiger charge is 2.30. The second kappa shape index (κ2) is 6.30. The lowest BCUT2D eigenvalue weighted by atomic mass is 10.0. The van der Waals surface area contributed by atoms with Crippen LogP contribution in [0.15, 0.2) is 24.5 Å². The third-order valence-electron chi connectivity index (χ3n) is 4.33. The standard InChI is InChI=1S/C15H23N5O/c1-19-9-10-20(11-13(19)14-16-7-8-17-14)15(21)18-12-5-3-2-4-6-12/h3,5,7-8,12-13H,2,4,6,9-11H2,1H3,(H,16,17)(H,18,21)/t12-,13-/m1/s1. The fourth-order valence-electron chi connectivity index (χ4n) is 3.00. The van der Waals surface area contributed by atoms with Gasteiger partial charge in [-0.15, -0.1) is 0 Å². The van der Waals surface area contributed by atoms with Gasteiger partial charge in [0.05, 0.1) is 6.04 Å². The van der Waals surface area contributed by atoms with Crippen molar-refractivity contribution >= 4 is 6.03 Å². The molecule has 0 spiro atoms. The maximum Gasteiger partial charge on any atom is 0.317 e. The first kappa shape index (κ1) is 14.1. The highest BCUT2D eigenvalue weighted by molar-refractivity contribution is 5.75. The molecule has 1 aromatic rings. The number of nitrogens with one attached hydrogen (secondary N) is 2. The second-order valence-electron chi connectivity index (χ2n) is 5.83. The first-order chi connectivity index (χ1) is 10.2. The Labute approximate surface area is 125 Å². The number of hydrogen-bond donors (Lipinski definition) is 2. The number of aromatic amines is 1. The van der Waals surface area contributed by atoms with Crippen LogP contribution in [0.5, 0.6) is 0 Å². The normalized spacial score (nSPS) is 26.8. The van der Waals surface area contributed by atoms with Gasteiger partial charge >= 0.3 is 6.03 Å². The maximum absolute atomic E-state index is 12.4. The number of likely N-dealkylation sites (N-methyl/N-ethyl adjacent to an activating group) is 1. The number of rotatable bonds is 2. The summed E-state index contributed by atoms with van der Waals surface area (Å²) >= 11 is 0. The molecule has 114 valence electrons. The Hall–Kier alpha value is -1.82. The number of carbonyl (C=O) groups is 1. The molecule has 0 bridgehead atoms. The molecule has 1 aromatic heterocycles. The summed E-state index contributed by atoms with van der Waals surface area (Å²) in [7, 11) is 2.08. The lowest BCUT2D eigenvalue weighted by Crippen LogP contribution is -2.53. The number of H-pyrrole nitrogens is 1. The number of nitrogens with zero attached hydrogens (tertiary/aromatic N) is 3. The van der Waals surface area contributed by atoms with Gasteiger partial charge < -0.3 is 15.2 Å². The monoisotopic (exact) mass is 289 g/mol. The molecule has 21 heavy (non-hydrogen) atoms. The van der Waals surface area contributed by atoms with Gasteiger partial charge in [0.15, 0.2) is 0 Å². The molecule has 0 radical (unpaired) electrons. The van der Waals surface area contributed by atoms with E-state index in [1.165, 1.54) is 0 Å². The number of piperazine rings is 1. The van der Waals surface area contributed by atoms with Gasteiger partial charge in [-0.1, -0.05) is 12.2 Å². The van der Waals surface area contributed by atoms with Crippen molar-refractivity contribution < 1.29 is 4.79 Å². The van der Waals surface area contributed by atoms with Crippen LogP contribution >= 0.6 is 0 Å². The lowest BCUT2D eigenvalue weighted by Gasteiger charge is -2.39. The van der Waals surface area contributed by atoms with Crippen LogP contribution in [0, 0.1) is 0 Å². The molecule has 6 heteroatoms. The molecule has 0 saturated carbocycles. The van der Waals surface area contributed by atoms with Crippen LogP contribution in [-0.4, -0.2) is 58.5 Å². The topological polar surface area (TPSA) is 64.3 Å². The SMILES string of the molecule is CN1CCN(C(=O)N[C@@H]2C=CCCC2)C[C@@H]1c1ncc[nH]1. The Morgan fingerprint density at radius 1 is 1.48 bits per heavy atom. The first-order valence-corrected chi connectivity index (χ1v) is 7.65. The van der Waals surface area contributed by atoms with E-state index < -0.39 is 0 Å². The summed E-state index contributed by atoms with van der Waals surface area (Å²) in [6.45, 7) is 2.29. The molecule has 1 aliphatic carbocycles. The number of amides is 2. The number of imidazole rings is 1. The van der Waals surface area contributed by atoms with Crippen LogP contribution in [0.2, 0.25) is 0 Å². The van der Waals surface area contributed by atoms with Crippen LogP contribution in [0.4, 0.5) is 4.79 Å². The number of hydrogen-bond acceptors (Lipinski definition) is 3. The van der Waals surface area contributed by atoms with Gasteiger partial charge in [0, 0.05) is 38.1 Å². The van der Waals surface area contributed by atoms with Crippen LogP contribution in [0.25, 0.3) is 0 Å². The van der Waals surface area contributed by atoms with E-state index >= 15 is 0 Å². The van der Waals surface area contributed by atoms with Crippen molar-refractivity contribution in [2.45, 2.75) is 31.3 Å².